The lowest BCUT2D eigenvalue weighted by Gasteiger charge is -2.11. The van der Waals surface area contributed by atoms with Gasteiger partial charge in [-0.1, -0.05) is 12.1 Å². The molecule has 0 N–H and O–H groups in total. The third kappa shape index (κ3) is 3.25. The van der Waals surface area contributed by atoms with Gasteiger partial charge in [0.15, 0.2) is 0 Å². The second kappa shape index (κ2) is 6.89. The van der Waals surface area contributed by atoms with Gasteiger partial charge in [-0.15, -0.1) is 5.10 Å². The first-order valence-corrected chi connectivity index (χ1v) is 8.66. The van der Waals surface area contributed by atoms with Gasteiger partial charge in [-0.2, -0.15) is 0 Å². The topological polar surface area (TPSA) is 65.7 Å². The van der Waals surface area contributed by atoms with Crippen molar-refractivity contribution in [3.05, 3.63) is 42.6 Å². The van der Waals surface area contributed by atoms with Gasteiger partial charge in [-0.25, -0.2) is 9.50 Å². The molecule has 6 nitrogen and oxygen atoms in total. The zero-order valence-electron chi connectivity index (χ0n) is 12.9. The minimum atomic E-state index is -1.24. The number of fused-ring (bicyclic) bond motifs is 1. The standard InChI is InChI=1S/C16H17N3O3S/c1-21-9-10-22-15-6-4-3-5-13(15)14-8-7-12-11-17-16(23(2)20)18-19(12)14/h3-8,11H,9-10H2,1-2H3. The van der Waals surface area contributed by atoms with E-state index in [1.54, 1.807) is 24.1 Å². The summed E-state index contributed by atoms with van der Waals surface area (Å²) in [5.74, 6) is 0.752. The van der Waals surface area contributed by atoms with Crippen LogP contribution in [0.1, 0.15) is 0 Å². The van der Waals surface area contributed by atoms with Gasteiger partial charge in [-0.3, -0.25) is 4.21 Å². The molecule has 0 bridgehead atoms. The summed E-state index contributed by atoms with van der Waals surface area (Å²) < 4.78 is 24.2. The number of para-hydroxylation sites is 1. The van der Waals surface area contributed by atoms with Crippen LogP contribution in [0.15, 0.2) is 47.8 Å². The zero-order valence-corrected chi connectivity index (χ0v) is 13.7. The number of aromatic nitrogens is 3. The zero-order chi connectivity index (χ0) is 16.2. The van der Waals surface area contributed by atoms with Gasteiger partial charge in [0.25, 0.3) is 0 Å². The van der Waals surface area contributed by atoms with Gasteiger partial charge < -0.3 is 9.47 Å². The second-order valence-electron chi connectivity index (χ2n) is 4.89. The van der Waals surface area contributed by atoms with E-state index in [2.05, 4.69) is 10.1 Å². The molecular weight excluding hydrogens is 314 g/mol. The monoisotopic (exact) mass is 331 g/mol. The fraction of sp³-hybridized carbons (Fsp3) is 0.250. The summed E-state index contributed by atoms with van der Waals surface area (Å²) in [6.07, 6.45) is 3.23. The highest BCUT2D eigenvalue weighted by molar-refractivity contribution is 7.84. The fourth-order valence-electron chi connectivity index (χ4n) is 2.26. The van der Waals surface area contributed by atoms with Gasteiger partial charge in [0.2, 0.25) is 5.16 Å². The van der Waals surface area contributed by atoms with Crippen molar-refractivity contribution in [2.45, 2.75) is 5.16 Å². The minimum Gasteiger partial charge on any atom is -0.490 e. The normalized spacial score (nSPS) is 12.4. The van der Waals surface area contributed by atoms with Gasteiger partial charge in [0, 0.05) is 18.9 Å². The van der Waals surface area contributed by atoms with Crippen molar-refractivity contribution in [2.24, 2.45) is 0 Å². The first-order valence-electron chi connectivity index (χ1n) is 7.10. The fourth-order valence-corrected chi connectivity index (χ4v) is 2.66. The van der Waals surface area contributed by atoms with E-state index in [1.165, 1.54) is 0 Å². The Morgan fingerprint density at radius 1 is 1.17 bits per heavy atom. The second-order valence-corrected chi connectivity index (χ2v) is 6.16. The quantitative estimate of drug-likeness (QED) is 0.648. The third-order valence-electron chi connectivity index (χ3n) is 3.34. The minimum absolute atomic E-state index is 0.299. The van der Waals surface area contributed by atoms with Crippen LogP contribution in [-0.2, 0) is 15.5 Å². The molecule has 23 heavy (non-hydrogen) atoms. The van der Waals surface area contributed by atoms with Crippen LogP contribution in [0.25, 0.3) is 16.8 Å². The van der Waals surface area contributed by atoms with Crippen molar-refractivity contribution >= 4 is 16.3 Å². The number of nitrogens with zero attached hydrogens (tertiary/aromatic N) is 3. The van der Waals surface area contributed by atoms with Crippen LogP contribution in [0.4, 0.5) is 0 Å². The largest absolute Gasteiger partial charge is 0.490 e. The molecule has 1 aromatic carbocycles. The van der Waals surface area contributed by atoms with Gasteiger partial charge in [-0.05, 0) is 24.3 Å². The van der Waals surface area contributed by atoms with Crippen molar-refractivity contribution in [3.63, 3.8) is 0 Å². The summed E-state index contributed by atoms with van der Waals surface area (Å²) in [5.41, 5.74) is 2.61. The molecule has 0 aliphatic carbocycles. The van der Waals surface area contributed by atoms with Gasteiger partial charge in [0.05, 0.1) is 34.8 Å². The Morgan fingerprint density at radius 2 is 2.00 bits per heavy atom. The van der Waals surface area contributed by atoms with Crippen molar-refractivity contribution in [1.29, 1.82) is 0 Å². The van der Waals surface area contributed by atoms with Crippen LogP contribution in [-0.4, -0.2) is 45.4 Å². The number of hydrogen-bond donors (Lipinski definition) is 0. The molecule has 3 aromatic rings. The molecule has 0 saturated carbocycles. The summed E-state index contributed by atoms with van der Waals surface area (Å²) in [5, 5.41) is 4.67. The molecule has 0 amide bonds. The SMILES string of the molecule is COCCOc1ccccc1-c1ccc2cnc(S(C)=O)nn12. The molecule has 0 aliphatic rings. The number of ether oxygens (including phenoxy) is 2. The molecule has 2 aromatic heterocycles. The molecule has 0 aliphatic heterocycles. The highest BCUT2D eigenvalue weighted by atomic mass is 32.2. The third-order valence-corrected chi connectivity index (χ3v) is 4.04. The molecule has 0 fully saturated rings. The van der Waals surface area contributed by atoms with Gasteiger partial charge >= 0.3 is 0 Å². The van der Waals surface area contributed by atoms with Crippen molar-refractivity contribution in [3.8, 4) is 17.0 Å². The molecule has 0 saturated heterocycles. The summed E-state index contributed by atoms with van der Waals surface area (Å²) in [7, 11) is 0.402. The van der Waals surface area contributed by atoms with Crippen molar-refractivity contribution in [2.75, 3.05) is 26.6 Å². The predicted octanol–water partition coefficient (Wildman–Crippen LogP) is 2.16. The van der Waals surface area contributed by atoms with E-state index in [9.17, 15) is 4.21 Å². The first kappa shape index (κ1) is 15.6. The molecular formula is C16H17N3O3S. The Kier molecular flexibility index (Phi) is 4.68. The summed E-state index contributed by atoms with van der Waals surface area (Å²) in [6, 6.07) is 11.6. The number of rotatable bonds is 6. The van der Waals surface area contributed by atoms with E-state index < -0.39 is 10.8 Å². The van der Waals surface area contributed by atoms with Crippen molar-refractivity contribution < 1.29 is 13.7 Å². The van der Waals surface area contributed by atoms with Crippen LogP contribution in [0.3, 0.4) is 0 Å². The molecule has 1 unspecified atom stereocenters. The Morgan fingerprint density at radius 3 is 2.78 bits per heavy atom. The molecule has 7 heteroatoms. The average Bonchev–Trinajstić information content (AvgIpc) is 2.98. The lowest BCUT2D eigenvalue weighted by atomic mass is 10.1. The van der Waals surface area contributed by atoms with Gasteiger partial charge in [0.1, 0.15) is 12.4 Å². The Labute approximate surface area is 136 Å². The Hall–Kier alpha value is -2.25. The smallest absolute Gasteiger partial charge is 0.237 e. The summed E-state index contributed by atoms with van der Waals surface area (Å²) >= 11 is 0. The first-order chi connectivity index (χ1) is 11.2. The van der Waals surface area contributed by atoms with Crippen LogP contribution in [0, 0.1) is 0 Å². The van der Waals surface area contributed by atoms with E-state index in [1.807, 2.05) is 36.4 Å². The maximum Gasteiger partial charge on any atom is 0.237 e. The van der Waals surface area contributed by atoms with Crippen LogP contribution >= 0.6 is 0 Å². The maximum absolute atomic E-state index is 11.6. The molecule has 0 radical (unpaired) electrons. The number of methoxy groups -OCH3 is 1. The van der Waals surface area contributed by atoms with Crippen LogP contribution in [0.2, 0.25) is 0 Å². The lowest BCUT2D eigenvalue weighted by Crippen LogP contribution is -2.06. The lowest BCUT2D eigenvalue weighted by molar-refractivity contribution is 0.146. The van der Waals surface area contributed by atoms with E-state index in [4.69, 9.17) is 9.47 Å². The van der Waals surface area contributed by atoms with Crippen molar-refractivity contribution in [1.82, 2.24) is 14.6 Å². The van der Waals surface area contributed by atoms with Crippen LogP contribution in [0.5, 0.6) is 5.75 Å². The predicted molar refractivity (Wildman–Crippen MR) is 88.1 cm³/mol. The summed E-state index contributed by atoms with van der Waals surface area (Å²) in [4.78, 5) is 4.12. The van der Waals surface area contributed by atoms with E-state index >= 15 is 0 Å². The number of hydrogen-bond acceptors (Lipinski definition) is 5. The highest BCUT2D eigenvalue weighted by Gasteiger charge is 2.13. The van der Waals surface area contributed by atoms with E-state index in [0.29, 0.717) is 18.4 Å². The maximum atomic E-state index is 11.6. The Balaban J connectivity index is 2.06. The highest BCUT2D eigenvalue weighted by Crippen LogP contribution is 2.30. The Bertz CT molecular complexity index is 847. The van der Waals surface area contributed by atoms with Crippen LogP contribution < -0.4 is 4.74 Å². The molecule has 120 valence electrons. The molecule has 0 spiro atoms. The molecule has 2 heterocycles. The molecule has 3 rings (SSSR count). The average molecular weight is 331 g/mol. The molecule has 1 atom stereocenters. The summed E-state index contributed by atoms with van der Waals surface area (Å²) in [6.45, 7) is 0.987. The van der Waals surface area contributed by atoms with E-state index in [0.717, 1.165) is 22.5 Å². The number of benzene rings is 1. The van der Waals surface area contributed by atoms with E-state index in [-0.39, 0.29) is 0 Å².